The summed E-state index contributed by atoms with van der Waals surface area (Å²) in [5.74, 6) is 0.698. The zero-order chi connectivity index (χ0) is 15.1. The predicted molar refractivity (Wildman–Crippen MR) is 80.2 cm³/mol. The van der Waals surface area contributed by atoms with Gasteiger partial charge < -0.3 is 14.8 Å². The number of anilines is 1. The van der Waals surface area contributed by atoms with Crippen molar-refractivity contribution in [3.63, 3.8) is 0 Å². The number of carbonyl (C=O) groups is 1. The van der Waals surface area contributed by atoms with Crippen LogP contribution < -0.4 is 10.1 Å². The number of nitrogens with one attached hydrogen (secondary N) is 1. The van der Waals surface area contributed by atoms with E-state index >= 15 is 0 Å². The lowest BCUT2D eigenvalue weighted by molar-refractivity contribution is -0.141. The van der Waals surface area contributed by atoms with E-state index in [9.17, 15) is 4.79 Å². The predicted octanol–water partition coefficient (Wildman–Crippen LogP) is 2.81. The molecule has 0 radical (unpaired) electrons. The Balaban J connectivity index is 2.23. The van der Waals surface area contributed by atoms with E-state index in [1.807, 2.05) is 43.3 Å². The molecule has 2 aromatic rings. The summed E-state index contributed by atoms with van der Waals surface area (Å²) in [7, 11) is 1.37. The molecular formula is C16H18N2O3. The van der Waals surface area contributed by atoms with Gasteiger partial charge in [0, 0.05) is 6.07 Å². The van der Waals surface area contributed by atoms with Gasteiger partial charge in [-0.25, -0.2) is 4.79 Å². The summed E-state index contributed by atoms with van der Waals surface area (Å²) in [5, 5.41) is 3.08. The van der Waals surface area contributed by atoms with Gasteiger partial charge in [-0.2, -0.15) is 4.98 Å². The van der Waals surface area contributed by atoms with Crippen LogP contribution in [-0.4, -0.2) is 24.7 Å². The highest BCUT2D eigenvalue weighted by Crippen LogP contribution is 2.21. The molecule has 0 aliphatic carbocycles. The molecule has 5 nitrogen and oxygen atoms in total. The molecule has 0 aliphatic rings. The molecular weight excluding hydrogens is 268 g/mol. The molecule has 1 heterocycles. The molecule has 1 aromatic carbocycles. The Hall–Kier alpha value is -2.56. The first kappa shape index (κ1) is 14.8. The Morgan fingerprint density at radius 1 is 1.19 bits per heavy atom. The van der Waals surface area contributed by atoms with Gasteiger partial charge in [-0.05, 0) is 18.6 Å². The van der Waals surface area contributed by atoms with Crippen molar-refractivity contribution in [1.29, 1.82) is 0 Å². The molecule has 0 spiro atoms. The lowest BCUT2D eigenvalue weighted by atomic mass is 10.1. The third kappa shape index (κ3) is 3.95. The minimum absolute atomic E-state index is 0.371. The monoisotopic (exact) mass is 286 g/mol. The van der Waals surface area contributed by atoms with Gasteiger partial charge in [-0.1, -0.05) is 36.4 Å². The van der Waals surface area contributed by atoms with Crippen LogP contribution in [0.4, 0.5) is 5.82 Å². The van der Waals surface area contributed by atoms with Crippen LogP contribution in [-0.2, 0) is 9.53 Å². The van der Waals surface area contributed by atoms with Crippen molar-refractivity contribution >= 4 is 11.8 Å². The molecule has 5 heteroatoms. The van der Waals surface area contributed by atoms with E-state index in [1.54, 1.807) is 12.1 Å². The van der Waals surface area contributed by atoms with Crippen LogP contribution in [0, 0.1) is 0 Å². The van der Waals surface area contributed by atoms with Gasteiger partial charge in [-0.15, -0.1) is 0 Å². The smallest absolute Gasteiger partial charge is 0.333 e. The number of esters is 1. The van der Waals surface area contributed by atoms with Crippen molar-refractivity contribution in [2.24, 2.45) is 0 Å². The number of carbonyl (C=O) groups excluding carboxylic acids is 1. The number of methoxy groups -OCH3 is 1. The van der Waals surface area contributed by atoms with Crippen LogP contribution in [0.2, 0.25) is 0 Å². The number of rotatable bonds is 6. The zero-order valence-corrected chi connectivity index (χ0v) is 12.1. The SMILES string of the molecule is CCOc1cccc(NC(C(=O)OC)c2ccccc2)n1. The first-order valence-electron chi connectivity index (χ1n) is 6.73. The summed E-state index contributed by atoms with van der Waals surface area (Å²) in [4.78, 5) is 16.3. The fraction of sp³-hybridized carbons (Fsp3) is 0.250. The summed E-state index contributed by atoms with van der Waals surface area (Å²) in [6.45, 7) is 2.43. The van der Waals surface area contributed by atoms with E-state index in [0.717, 1.165) is 5.56 Å². The third-order valence-electron chi connectivity index (χ3n) is 2.88. The van der Waals surface area contributed by atoms with E-state index in [4.69, 9.17) is 9.47 Å². The third-order valence-corrected chi connectivity index (χ3v) is 2.88. The van der Waals surface area contributed by atoms with Gasteiger partial charge >= 0.3 is 5.97 Å². The number of ether oxygens (including phenoxy) is 2. The molecule has 2 rings (SSSR count). The van der Waals surface area contributed by atoms with Crippen molar-refractivity contribution in [2.75, 3.05) is 19.0 Å². The average Bonchev–Trinajstić information content (AvgIpc) is 2.53. The van der Waals surface area contributed by atoms with Crippen molar-refractivity contribution < 1.29 is 14.3 Å². The highest BCUT2D eigenvalue weighted by atomic mass is 16.5. The van der Waals surface area contributed by atoms with Gasteiger partial charge in [-0.3, -0.25) is 0 Å². The number of hydrogen-bond acceptors (Lipinski definition) is 5. The maximum absolute atomic E-state index is 12.0. The van der Waals surface area contributed by atoms with Crippen LogP contribution in [0.1, 0.15) is 18.5 Å². The molecule has 110 valence electrons. The lowest BCUT2D eigenvalue weighted by Crippen LogP contribution is -2.22. The molecule has 0 saturated carbocycles. The van der Waals surface area contributed by atoms with Gasteiger partial charge in [0.05, 0.1) is 13.7 Å². The number of benzene rings is 1. The summed E-state index contributed by atoms with van der Waals surface area (Å²) >= 11 is 0. The van der Waals surface area contributed by atoms with E-state index in [1.165, 1.54) is 7.11 Å². The Kier molecular flexibility index (Phi) is 5.15. The molecule has 0 fully saturated rings. The van der Waals surface area contributed by atoms with Gasteiger partial charge in [0.1, 0.15) is 5.82 Å². The molecule has 1 unspecified atom stereocenters. The summed E-state index contributed by atoms with van der Waals surface area (Å²) in [6, 6.07) is 14.1. The van der Waals surface area contributed by atoms with Crippen molar-refractivity contribution in [3.05, 3.63) is 54.1 Å². The minimum atomic E-state index is -0.611. The second-order valence-corrected chi connectivity index (χ2v) is 4.31. The van der Waals surface area contributed by atoms with Crippen LogP contribution in [0.15, 0.2) is 48.5 Å². The highest BCUT2D eigenvalue weighted by molar-refractivity contribution is 5.80. The number of hydrogen-bond donors (Lipinski definition) is 1. The molecule has 1 N–H and O–H groups in total. The number of nitrogens with zero attached hydrogens (tertiary/aromatic N) is 1. The fourth-order valence-corrected chi connectivity index (χ4v) is 1.91. The summed E-state index contributed by atoms with van der Waals surface area (Å²) < 4.78 is 10.2. The maximum Gasteiger partial charge on any atom is 0.333 e. The lowest BCUT2D eigenvalue weighted by Gasteiger charge is -2.17. The molecule has 0 saturated heterocycles. The number of pyridine rings is 1. The minimum Gasteiger partial charge on any atom is -0.478 e. The maximum atomic E-state index is 12.0. The van der Waals surface area contributed by atoms with Gasteiger partial charge in [0.15, 0.2) is 6.04 Å². The van der Waals surface area contributed by atoms with Crippen LogP contribution in [0.5, 0.6) is 5.88 Å². The second kappa shape index (κ2) is 7.28. The Morgan fingerprint density at radius 2 is 1.95 bits per heavy atom. The molecule has 0 aliphatic heterocycles. The van der Waals surface area contributed by atoms with Crippen LogP contribution in [0.3, 0.4) is 0 Å². The molecule has 0 amide bonds. The normalized spacial score (nSPS) is 11.5. The Labute approximate surface area is 123 Å². The molecule has 1 aromatic heterocycles. The second-order valence-electron chi connectivity index (χ2n) is 4.31. The zero-order valence-electron chi connectivity index (χ0n) is 12.1. The number of aromatic nitrogens is 1. The standard InChI is InChI=1S/C16H18N2O3/c1-3-21-14-11-7-10-13(17-14)18-15(16(19)20-2)12-8-5-4-6-9-12/h4-11,15H,3H2,1-2H3,(H,17,18). The van der Waals surface area contributed by atoms with Crippen LogP contribution >= 0.6 is 0 Å². The Bertz CT molecular complexity index is 587. The largest absolute Gasteiger partial charge is 0.478 e. The first-order valence-corrected chi connectivity index (χ1v) is 6.73. The highest BCUT2D eigenvalue weighted by Gasteiger charge is 2.21. The van der Waals surface area contributed by atoms with E-state index in [2.05, 4.69) is 10.3 Å². The summed E-state index contributed by atoms with van der Waals surface area (Å²) in [6.07, 6.45) is 0. The van der Waals surface area contributed by atoms with Crippen molar-refractivity contribution in [3.8, 4) is 5.88 Å². The molecule has 1 atom stereocenters. The quantitative estimate of drug-likeness (QED) is 0.827. The van der Waals surface area contributed by atoms with E-state index in [-0.39, 0.29) is 5.97 Å². The van der Waals surface area contributed by atoms with Gasteiger partial charge in [0.2, 0.25) is 5.88 Å². The molecule has 0 bridgehead atoms. The van der Waals surface area contributed by atoms with Crippen LogP contribution in [0.25, 0.3) is 0 Å². The van der Waals surface area contributed by atoms with E-state index < -0.39 is 6.04 Å². The Morgan fingerprint density at radius 3 is 2.62 bits per heavy atom. The first-order chi connectivity index (χ1) is 10.2. The average molecular weight is 286 g/mol. The van der Waals surface area contributed by atoms with Crippen molar-refractivity contribution in [1.82, 2.24) is 4.98 Å². The topological polar surface area (TPSA) is 60.5 Å². The molecule has 21 heavy (non-hydrogen) atoms. The fourth-order valence-electron chi connectivity index (χ4n) is 1.91. The van der Waals surface area contributed by atoms with E-state index in [0.29, 0.717) is 18.3 Å². The summed E-state index contributed by atoms with van der Waals surface area (Å²) in [5.41, 5.74) is 0.813. The van der Waals surface area contributed by atoms with Crippen molar-refractivity contribution in [2.45, 2.75) is 13.0 Å². The van der Waals surface area contributed by atoms with Gasteiger partial charge in [0.25, 0.3) is 0 Å².